The molecule has 2 aliphatic heterocycles. The van der Waals surface area contributed by atoms with E-state index in [1.54, 1.807) is 11.6 Å². The van der Waals surface area contributed by atoms with E-state index in [0.717, 1.165) is 49.4 Å². The molecule has 3 aliphatic rings. The fourth-order valence-electron chi connectivity index (χ4n) is 4.16. The number of amides is 1. The summed E-state index contributed by atoms with van der Waals surface area (Å²) in [6.45, 7) is 7.93. The van der Waals surface area contributed by atoms with Crippen molar-refractivity contribution in [3.05, 3.63) is 53.4 Å². The van der Waals surface area contributed by atoms with E-state index in [2.05, 4.69) is 35.9 Å². The average Bonchev–Trinajstić information content (AvgIpc) is 3.18. The van der Waals surface area contributed by atoms with Gasteiger partial charge in [-0.1, -0.05) is 25.2 Å². The van der Waals surface area contributed by atoms with Crippen LogP contribution in [0.1, 0.15) is 37.3 Å². The van der Waals surface area contributed by atoms with Crippen LogP contribution in [-0.2, 0) is 11.2 Å². The number of carbonyl (C=O) groups is 1. The lowest BCUT2D eigenvalue weighted by atomic mass is 10.00. The highest BCUT2D eigenvalue weighted by Gasteiger charge is 2.36. The van der Waals surface area contributed by atoms with Crippen LogP contribution in [-0.4, -0.2) is 28.9 Å². The SMILES string of the molecule is C=C1CCc2cc(/C=C/C(=O)N3CC4C=C(CC)CC4C3)cnc2N1. The van der Waals surface area contributed by atoms with Gasteiger partial charge in [-0.05, 0) is 60.8 Å². The van der Waals surface area contributed by atoms with Crippen LogP contribution in [0.25, 0.3) is 6.08 Å². The lowest BCUT2D eigenvalue weighted by molar-refractivity contribution is -0.125. The van der Waals surface area contributed by atoms with Gasteiger partial charge in [-0.3, -0.25) is 4.79 Å². The molecule has 0 radical (unpaired) electrons. The molecule has 1 N–H and O–H groups in total. The third-order valence-corrected chi connectivity index (χ3v) is 5.63. The van der Waals surface area contributed by atoms with E-state index in [1.807, 2.05) is 17.2 Å². The molecule has 1 aromatic heterocycles. The van der Waals surface area contributed by atoms with Crippen LogP contribution in [0.5, 0.6) is 0 Å². The van der Waals surface area contributed by atoms with Gasteiger partial charge in [-0.25, -0.2) is 4.98 Å². The van der Waals surface area contributed by atoms with Crippen molar-refractivity contribution in [1.29, 1.82) is 0 Å². The summed E-state index contributed by atoms with van der Waals surface area (Å²) in [6, 6.07) is 2.11. The Labute approximate surface area is 149 Å². The number of carbonyl (C=O) groups excluding carboxylic acids is 1. The van der Waals surface area contributed by atoms with E-state index in [-0.39, 0.29) is 5.91 Å². The van der Waals surface area contributed by atoms with E-state index in [1.165, 1.54) is 12.0 Å². The van der Waals surface area contributed by atoms with Crippen LogP contribution >= 0.6 is 0 Å². The second-order valence-electron chi connectivity index (χ2n) is 7.39. The van der Waals surface area contributed by atoms with Crippen LogP contribution < -0.4 is 5.32 Å². The summed E-state index contributed by atoms with van der Waals surface area (Å²) < 4.78 is 0. The number of rotatable bonds is 3. The molecular weight excluding hydrogens is 310 g/mol. The molecule has 4 heteroatoms. The summed E-state index contributed by atoms with van der Waals surface area (Å²) in [5, 5.41) is 3.22. The molecule has 130 valence electrons. The smallest absolute Gasteiger partial charge is 0.246 e. The zero-order valence-electron chi connectivity index (χ0n) is 14.8. The van der Waals surface area contributed by atoms with Gasteiger partial charge < -0.3 is 10.2 Å². The fraction of sp³-hybridized carbons (Fsp3) is 0.429. The molecule has 1 fully saturated rings. The Morgan fingerprint density at radius 1 is 1.44 bits per heavy atom. The summed E-state index contributed by atoms with van der Waals surface area (Å²) in [7, 11) is 0. The van der Waals surface area contributed by atoms with Crippen LogP contribution in [0.15, 0.2) is 42.3 Å². The monoisotopic (exact) mass is 335 g/mol. The van der Waals surface area contributed by atoms with E-state index in [9.17, 15) is 4.79 Å². The molecule has 2 atom stereocenters. The number of aromatic nitrogens is 1. The van der Waals surface area contributed by atoms with Crippen molar-refractivity contribution in [3.8, 4) is 0 Å². The Kier molecular flexibility index (Phi) is 4.20. The quantitative estimate of drug-likeness (QED) is 0.675. The molecule has 0 spiro atoms. The first kappa shape index (κ1) is 16.1. The zero-order valence-corrected chi connectivity index (χ0v) is 14.8. The van der Waals surface area contributed by atoms with Crippen molar-refractivity contribution >= 4 is 17.8 Å². The molecule has 2 unspecified atom stereocenters. The predicted molar refractivity (Wildman–Crippen MR) is 101 cm³/mol. The lowest BCUT2D eigenvalue weighted by Gasteiger charge is -2.19. The molecule has 1 aliphatic carbocycles. The second kappa shape index (κ2) is 6.51. The maximum atomic E-state index is 12.5. The standard InChI is InChI=1S/C21H25N3O/c1-3-15-8-18-12-24(13-19(18)9-15)20(25)7-5-16-10-17-6-4-14(2)23-21(17)22-11-16/h5,7-8,10-11,18-19H,2-4,6,9,12-13H2,1H3,(H,22,23)/b7-5+. The van der Waals surface area contributed by atoms with Gasteiger partial charge in [0.1, 0.15) is 5.82 Å². The molecular formula is C21H25N3O. The van der Waals surface area contributed by atoms with Crippen molar-refractivity contribution in [2.45, 2.75) is 32.6 Å². The number of fused-ring (bicyclic) bond motifs is 2. The molecule has 1 aromatic rings. The summed E-state index contributed by atoms with van der Waals surface area (Å²) in [4.78, 5) is 19.0. The van der Waals surface area contributed by atoms with E-state index in [4.69, 9.17) is 0 Å². The van der Waals surface area contributed by atoms with Gasteiger partial charge in [-0.2, -0.15) is 0 Å². The number of nitrogens with one attached hydrogen (secondary N) is 1. The third kappa shape index (κ3) is 3.26. The van der Waals surface area contributed by atoms with Crippen LogP contribution in [0.2, 0.25) is 0 Å². The number of likely N-dealkylation sites (tertiary alicyclic amines) is 1. The molecule has 3 heterocycles. The van der Waals surface area contributed by atoms with Gasteiger partial charge >= 0.3 is 0 Å². The molecule has 0 saturated carbocycles. The third-order valence-electron chi connectivity index (χ3n) is 5.63. The summed E-state index contributed by atoms with van der Waals surface area (Å²) in [5.74, 6) is 2.21. The van der Waals surface area contributed by atoms with Crippen molar-refractivity contribution in [2.24, 2.45) is 11.8 Å². The topological polar surface area (TPSA) is 45.2 Å². The molecule has 1 amide bonds. The summed E-state index contributed by atoms with van der Waals surface area (Å²) >= 11 is 0. The maximum Gasteiger partial charge on any atom is 0.246 e. The molecule has 0 aromatic carbocycles. The average molecular weight is 335 g/mol. The van der Waals surface area contributed by atoms with E-state index < -0.39 is 0 Å². The van der Waals surface area contributed by atoms with Crippen LogP contribution in [0.4, 0.5) is 5.82 Å². The van der Waals surface area contributed by atoms with Gasteiger partial charge in [0, 0.05) is 31.1 Å². The van der Waals surface area contributed by atoms with Crippen molar-refractivity contribution in [2.75, 3.05) is 18.4 Å². The number of allylic oxidation sites excluding steroid dienone is 2. The lowest BCUT2D eigenvalue weighted by Crippen LogP contribution is -2.27. The Morgan fingerprint density at radius 3 is 3.12 bits per heavy atom. The minimum absolute atomic E-state index is 0.116. The van der Waals surface area contributed by atoms with Crippen LogP contribution in [0, 0.1) is 11.8 Å². The molecule has 4 nitrogen and oxygen atoms in total. The van der Waals surface area contributed by atoms with E-state index >= 15 is 0 Å². The van der Waals surface area contributed by atoms with Gasteiger partial charge in [0.25, 0.3) is 0 Å². The van der Waals surface area contributed by atoms with Gasteiger partial charge in [-0.15, -0.1) is 0 Å². The molecule has 1 saturated heterocycles. The maximum absolute atomic E-state index is 12.5. The number of anilines is 1. The van der Waals surface area contributed by atoms with Gasteiger partial charge in [0.15, 0.2) is 0 Å². The van der Waals surface area contributed by atoms with Gasteiger partial charge in [0.05, 0.1) is 0 Å². The molecule has 0 bridgehead atoms. The first-order chi connectivity index (χ1) is 12.1. The Morgan fingerprint density at radius 2 is 2.32 bits per heavy atom. The highest BCUT2D eigenvalue weighted by atomic mass is 16.2. The molecule has 25 heavy (non-hydrogen) atoms. The van der Waals surface area contributed by atoms with Crippen LogP contribution in [0.3, 0.4) is 0 Å². The number of aryl methyl sites for hydroxylation is 1. The Hall–Kier alpha value is -2.36. The van der Waals surface area contributed by atoms with Gasteiger partial charge in [0.2, 0.25) is 5.91 Å². The summed E-state index contributed by atoms with van der Waals surface area (Å²) in [6.07, 6.45) is 12.0. The first-order valence-corrected chi connectivity index (χ1v) is 9.22. The molecule has 4 rings (SSSR count). The van der Waals surface area contributed by atoms with Crippen molar-refractivity contribution in [1.82, 2.24) is 9.88 Å². The normalized spacial score (nSPS) is 24.9. The predicted octanol–water partition coefficient (Wildman–Crippen LogP) is 3.78. The number of pyridine rings is 1. The number of nitrogens with zero attached hydrogens (tertiary/aromatic N) is 2. The zero-order chi connectivity index (χ0) is 17.4. The Bertz CT molecular complexity index is 777. The highest BCUT2D eigenvalue weighted by Crippen LogP contribution is 2.37. The largest absolute Gasteiger partial charge is 0.344 e. The Balaban J connectivity index is 1.40. The van der Waals surface area contributed by atoms with E-state index in [0.29, 0.717) is 11.8 Å². The fourth-order valence-corrected chi connectivity index (χ4v) is 4.16. The first-order valence-electron chi connectivity index (χ1n) is 9.22. The van der Waals surface area contributed by atoms with Crippen molar-refractivity contribution < 1.29 is 4.79 Å². The van der Waals surface area contributed by atoms with Crippen molar-refractivity contribution in [3.63, 3.8) is 0 Å². The minimum Gasteiger partial charge on any atom is -0.344 e. The minimum atomic E-state index is 0.116. The summed E-state index contributed by atoms with van der Waals surface area (Å²) in [5.41, 5.74) is 4.75. The highest BCUT2D eigenvalue weighted by molar-refractivity contribution is 5.92. The second-order valence-corrected chi connectivity index (χ2v) is 7.39. The number of hydrogen-bond donors (Lipinski definition) is 1. The number of hydrogen-bond acceptors (Lipinski definition) is 3.